The van der Waals surface area contributed by atoms with E-state index in [0.717, 1.165) is 34.1 Å². The summed E-state index contributed by atoms with van der Waals surface area (Å²) in [7, 11) is 0. The van der Waals surface area contributed by atoms with E-state index in [9.17, 15) is 9.59 Å². The van der Waals surface area contributed by atoms with Crippen molar-refractivity contribution >= 4 is 50.9 Å². The Hall–Kier alpha value is -2.38. The molecule has 0 spiro atoms. The number of fused-ring (bicyclic) bond motifs is 2. The molecule has 3 aromatic rings. The zero-order valence-electron chi connectivity index (χ0n) is 16.9. The van der Waals surface area contributed by atoms with Gasteiger partial charge >= 0.3 is 5.97 Å². The molecule has 156 valence electrons. The van der Waals surface area contributed by atoms with Crippen LogP contribution in [-0.4, -0.2) is 35.3 Å². The number of thioether (sulfide) groups is 1. The molecule has 0 N–H and O–H groups in total. The Bertz CT molecular complexity index is 1020. The first-order valence-corrected chi connectivity index (χ1v) is 12.0. The molecule has 0 bridgehead atoms. The van der Waals surface area contributed by atoms with Crippen molar-refractivity contribution in [3.8, 4) is 0 Å². The number of carbonyl (C=O) groups excluding carboxylic acids is 2. The van der Waals surface area contributed by atoms with Gasteiger partial charge in [0.05, 0.1) is 10.2 Å². The van der Waals surface area contributed by atoms with Crippen LogP contribution in [0.1, 0.15) is 31.7 Å². The summed E-state index contributed by atoms with van der Waals surface area (Å²) in [5.41, 5.74) is 3.11. The molecular weight excluding hydrogens is 416 g/mol. The third-order valence-corrected chi connectivity index (χ3v) is 7.32. The number of anilines is 1. The van der Waals surface area contributed by atoms with E-state index in [-0.39, 0.29) is 11.9 Å². The standard InChI is InChI=1S/C23H24N2O3S2/c1-16(22(27)25-14-6-9-17-8-2-4-11-19(17)25)28-21(26)13-7-15-29-23-24-18-10-3-5-12-20(18)30-23/h2-5,8,10-12,16H,6-7,9,13-15H2,1H3. The second-order valence-corrected chi connectivity index (χ2v) is 9.63. The molecule has 0 radical (unpaired) electrons. The van der Waals surface area contributed by atoms with Crippen LogP contribution in [0.25, 0.3) is 10.2 Å². The molecule has 1 aliphatic rings. The van der Waals surface area contributed by atoms with Gasteiger partial charge in [0.25, 0.3) is 5.91 Å². The lowest BCUT2D eigenvalue weighted by Crippen LogP contribution is -2.42. The van der Waals surface area contributed by atoms with Crippen LogP contribution in [0.15, 0.2) is 52.9 Å². The maximum Gasteiger partial charge on any atom is 0.306 e. The van der Waals surface area contributed by atoms with E-state index < -0.39 is 6.10 Å². The second-order valence-electron chi connectivity index (χ2n) is 7.25. The minimum Gasteiger partial charge on any atom is -0.453 e. The highest BCUT2D eigenvalue weighted by Crippen LogP contribution is 2.30. The minimum absolute atomic E-state index is 0.153. The van der Waals surface area contributed by atoms with Crippen molar-refractivity contribution in [3.05, 3.63) is 54.1 Å². The molecule has 0 fully saturated rings. The lowest BCUT2D eigenvalue weighted by molar-refractivity contribution is -0.153. The predicted octanol–water partition coefficient (Wildman–Crippen LogP) is 5.08. The van der Waals surface area contributed by atoms with Crippen molar-refractivity contribution in [1.29, 1.82) is 0 Å². The average Bonchev–Trinajstić information content (AvgIpc) is 3.18. The number of carbonyl (C=O) groups is 2. The van der Waals surface area contributed by atoms with E-state index in [1.165, 1.54) is 10.3 Å². The number of amides is 1. The van der Waals surface area contributed by atoms with Gasteiger partial charge < -0.3 is 9.64 Å². The van der Waals surface area contributed by atoms with E-state index >= 15 is 0 Å². The number of hydrogen-bond donors (Lipinski definition) is 0. The van der Waals surface area contributed by atoms with Crippen molar-refractivity contribution in [3.63, 3.8) is 0 Å². The van der Waals surface area contributed by atoms with Crippen LogP contribution in [0, 0.1) is 0 Å². The number of esters is 1. The van der Waals surface area contributed by atoms with Gasteiger partial charge in [-0.15, -0.1) is 11.3 Å². The lowest BCUT2D eigenvalue weighted by Gasteiger charge is -2.31. The molecule has 5 nitrogen and oxygen atoms in total. The molecule has 0 aliphatic carbocycles. The fourth-order valence-electron chi connectivity index (χ4n) is 3.58. The molecule has 2 aromatic carbocycles. The van der Waals surface area contributed by atoms with E-state index in [0.29, 0.717) is 19.4 Å². The molecule has 4 rings (SSSR count). The maximum absolute atomic E-state index is 12.8. The topological polar surface area (TPSA) is 59.5 Å². The van der Waals surface area contributed by atoms with Crippen LogP contribution < -0.4 is 4.90 Å². The molecule has 0 saturated carbocycles. The molecule has 1 atom stereocenters. The number of benzene rings is 2. The highest BCUT2D eigenvalue weighted by Gasteiger charge is 2.28. The Morgan fingerprint density at radius 1 is 1.20 bits per heavy atom. The molecule has 1 aromatic heterocycles. The van der Waals surface area contributed by atoms with Crippen molar-refractivity contribution in [1.82, 2.24) is 4.98 Å². The summed E-state index contributed by atoms with van der Waals surface area (Å²) in [5, 5.41) is 0. The Balaban J connectivity index is 1.23. The number of hydrogen-bond acceptors (Lipinski definition) is 6. The van der Waals surface area contributed by atoms with Crippen LogP contribution >= 0.6 is 23.1 Å². The Morgan fingerprint density at radius 3 is 2.87 bits per heavy atom. The Kier molecular flexibility index (Phi) is 6.69. The number of aromatic nitrogens is 1. The zero-order chi connectivity index (χ0) is 20.9. The van der Waals surface area contributed by atoms with Gasteiger partial charge in [-0.1, -0.05) is 42.1 Å². The van der Waals surface area contributed by atoms with Crippen LogP contribution in [0.4, 0.5) is 5.69 Å². The minimum atomic E-state index is -0.777. The third-order valence-electron chi connectivity index (χ3n) is 5.06. The summed E-state index contributed by atoms with van der Waals surface area (Å²) < 4.78 is 7.61. The van der Waals surface area contributed by atoms with Crippen LogP contribution in [-0.2, 0) is 20.7 Å². The van der Waals surface area contributed by atoms with Crippen LogP contribution in [0.2, 0.25) is 0 Å². The first-order chi connectivity index (χ1) is 14.6. The number of rotatable bonds is 7. The van der Waals surface area contributed by atoms with Gasteiger partial charge in [0.2, 0.25) is 0 Å². The summed E-state index contributed by atoms with van der Waals surface area (Å²) >= 11 is 3.32. The monoisotopic (exact) mass is 440 g/mol. The average molecular weight is 441 g/mol. The van der Waals surface area contributed by atoms with Gasteiger partial charge in [-0.2, -0.15) is 0 Å². The van der Waals surface area contributed by atoms with Gasteiger partial charge in [-0.05, 0) is 49.9 Å². The van der Waals surface area contributed by atoms with Crippen molar-refractivity contribution in [2.75, 3.05) is 17.2 Å². The number of nitrogens with zero attached hydrogens (tertiary/aromatic N) is 2. The van der Waals surface area contributed by atoms with Gasteiger partial charge in [0, 0.05) is 24.4 Å². The van der Waals surface area contributed by atoms with Crippen LogP contribution in [0.3, 0.4) is 0 Å². The molecule has 1 unspecified atom stereocenters. The van der Waals surface area contributed by atoms with Gasteiger partial charge in [0.15, 0.2) is 10.4 Å². The smallest absolute Gasteiger partial charge is 0.306 e. The molecule has 0 saturated heterocycles. The first-order valence-electron chi connectivity index (χ1n) is 10.2. The fourth-order valence-corrected chi connectivity index (χ4v) is 5.66. The summed E-state index contributed by atoms with van der Waals surface area (Å²) in [4.78, 5) is 31.4. The van der Waals surface area contributed by atoms with E-state index in [4.69, 9.17) is 4.74 Å². The van der Waals surface area contributed by atoms with Crippen molar-refractivity contribution < 1.29 is 14.3 Å². The van der Waals surface area contributed by atoms with Crippen LogP contribution in [0.5, 0.6) is 0 Å². The lowest BCUT2D eigenvalue weighted by atomic mass is 10.0. The summed E-state index contributed by atoms with van der Waals surface area (Å²) in [5.74, 6) is 0.307. The molecular formula is C23H24N2O3S2. The van der Waals surface area contributed by atoms with E-state index in [1.807, 2.05) is 36.4 Å². The quantitative estimate of drug-likeness (QED) is 0.291. The number of thiazole rings is 1. The molecule has 1 amide bonds. The van der Waals surface area contributed by atoms with E-state index in [1.54, 1.807) is 34.9 Å². The summed E-state index contributed by atoms with van der Waals surface area (Å²) in [6.07, 6.45) is 2.10. The highest BCUT2D eigenvalue weighted by atomic mass is 32.2. The summed E-state index contributed by atoms with van der Waals surface area (Å²) in [6, 6.07) is 16.0. The SMILES string of the molecule is CC(OC(=O)CCCSc1nc2ccccc2s1)C(=O)N1CCCc2ccccc21. The molecule has 2 heterocycles. The van der Waals surface area contributed by atoms with Gasteiger partial charge in [0.1, 0.15) is 0 Å². The Labute approximate surface area is 184 Å². The largest absolute Gasteiger partial charge is 0.453 e. The van der Waals surface area contributed by atoms with Gasteiger partial charge in [-0.25, -0.2) is 4.98 Å². The first kappa shape index (κ1) is 20.9. The molecule has 7 heteroatoms. The molecule has 30 heavy (non-hydrogen) atoms. The summed E-state index contributed by atoms with van der Waals surface area (Å²) in [6.45, 7) is 2.32. The Morgan fingerprint density at radius 2 is 2.00 bits per heavy atom. The normalized spacial score (nSPS) is 14.4. The number of aryl methyl sites for hydroxylation is 1. The van der Waals surface area contributed by atoms with E-state index in [2.05, 4.69) is 17.1 Å². The number of para-hydroxylation sites is 2. The maximum atomic E-state index is 12.8. The number of ether oxygens (including phenoxy) is 1. The predicted molar refractivity (Wildman–Crippen MR) is 122 cm³/mol. The van der Waals surface area contributed by atoms with Crippen molar-refractivity contribution in [2.45, 2.75) is 43.1 Å². The van der Waals surface area contributed by atoms with Gasteiger partial charge in [-0.3, -0.25) is 9.59 Å². The fraction of sp³-hybridized carbons (Fsp3) is 0.348. The highest BCUT2D eigenvalue weighted by molar-refractivity contribution is 8.01. The zero-order valence-corrected chi connectivity index (χ0v) is 18.5. The molecule has 1 aliphatic heterocycles. The third kappa shape index (κ3) is 4.84. The second kappa shape index (κ2) is 9.62. The van der Waals surface area contributed by atoms with Crippen molar-refractivity contribution in [2.24, 2.45) is 0 Å².